The van der Waals surface area contributed by atoms with Gasteiger partial charge in [0.05, 0.1) is 23.0 Å². The lowest BCUT2D eigenvalue weighted by atomic mass is 10.2. The van der Waals surface area contributed by atoms with E-state index in [1.165, 1.54) is 0 Å². The van der Waals surface area contributed by atoms with E-state index in [0.29, 0.717) is 35.7 Å². The van der Waals surface area contributed by atoms with Gasteiger partial charge in [0.25, 0.3) is 5.91 Å². The lowest BCUT2D eigenvalue weighted by Crippen LogP contribution is -2.27. The molecule has 1 amide bonds. The monoisotopic (exact) mass is 321 g/mol. The number of aryl methyl sites for hydroxylation is 1. The van der Waals surface area contributed by atoms with Gasteiger partial charge >= 0.3 is 0 Å². The van der Waals surface area contributed by atoms with Crippen LogP contribution in [-0.4, -0.2) is 33.4 Å². The van der Waals surface area contributed by atoms with Crippen LogP contribution in [0.1, 0.15) is 35.8 Å². The summed E-state index contributed by atoms with van der Waals surface area (Å²) < 4.78 is 1.65. The highest BCUT2D eigenvalue weighted by Crippen LogP contribution is 2.15. The van der Waals surface area contributed by atoms with Crippen LogP contribution in [0.25, 0.3) is 5.69 Å². The maximum atomic E-state index is 12.2. The number of hydrogen-bond donors (Lipinski definition) is 2. The molecule has 1 atom stereocenters. The highest BCUT2D eigenvalue weighted by molar-refractivity contribution is 6.30. The van der Waals surface area contributed by atoms with Gasteiger partial charge in [-0.25, -0.2) is 4.68 Å². The molecular formula is C16H20ClN3O2. The zero-order valence-electron chi connectivity index (χ0n) is 12.7. The Bertz CT molecular complexity index is 637. The van der Waals surface area contributed by atoms with Gasteiger partial charge in [-0.1, -0.05) is 18.5 Å². The Kier molecular flexibility index (Phi) is 5.57. The van der Waals surface area contributed by atoms with E-state index in [1.807, 2.05) is 19.1 Å². The second-order valence-corrected chi connectivity index (χ2v) is 5.59. The number of halogens is 1. The maximum absolute atomic E-state index is 12.2. The van der Waals surface area contributed by atoms with Crippen LogP contribution in [0.5, 0.6) is 0 Å². The first-order valence-corrected chi connectivity index (χ1v) is 7.67. The third-order valence-electron chi connectivity index (χ3n) is 3.47. The van der Waals surface area contributed by atoms with Crippen molar-refractivity contribution in [3.63, 3.8) is 0 Å². The topological polar surface area (TPSA) is 67.2 Å². The summed E-state index contributed by atoms with van der Waals surface area (Å²) in [4.78, 5) is 12.2. The van der Waals surface area contributed by atoms with Crippen LogP contribution in [0.2, 0.25) is 5.02 Å². The van der Waals surface area contributed by atoms with Crippen molar-refractivity contribution in [3.05, 3.63) is 46.7 Å². The van der Waals surface area contributed by atoms with Gasteiger partial charge in [-0.05, 0) is 44.0 Å². The van der Waals surface area contributed by atoms with E-state index < -0.39 is 0 Å². The first kappa shape index (κ1) is 16.5. The second-order valence-electron chi connectivity index (χ2n) is 5.16. The number of rotatable bonds is 6. The molecule has 0 fully saturated rings. The van der Waals surface area contributed by atoms with Crippen molar-refractivity contribution in [2.75, 3.05) is 6.54 Å². The quantitative estimate of drug-likeness (QED) is 0.859. The minimum atomic E-state index is -0.377. The number of amides is 1. The first-order valence-electron chi connectivity index (χ1n) is 7.29. The summed E-state index contributed by atoms with van der Waals surface area (Å²) in [6.45, 7) is 4.15. The first-order chi connectivity index (χ1) is 10.5. The van der Waals surface area contributed by atoms with Gasteiger partial charge in [0.15, 0.2) is 0 Å². The molecule has 118 valence electrons. The molecule has 0 aliphatic heterocycles. The largest absolute Gasteiger partial charge is 0.393 e. The Labute approximate surface area is 134 Å². The zero-order chi connectivity index (χ0) is 16.1. The molecule has 1 aromatic heterocycles. The smallest absolute Gasteiger partial charge is 0.254 e. The molecule has 0 spiro atoms. The predicted molar refractivity (Wildman–Crippen MR) is 86.6 cm³/mol. The van der Waals surface area contributed by atoms with E-state index in [9.17, 15) is 9.90 Å². The fourth-order valence-electron chi connectivity index (χ4n) is 2.06. The van der Waals surface area contributed by atoms with Crippen LogP contribution in [-0.2, 0) is 0 Å². The average molecular weight is 322 g/mol. The second kappa shape index (κ2) is 7.42. The molecule has 0 radical (unpaired) electrons. The minimum Gasteiger partial charge on any atom is -0.393 e. The lowest BCUT2D eigenvalue weighted by molar-refractivity contribution is 0.0941. The average Bonchev–Trinajstić information content (AvgIpc) is 2.89. The molecule has 22 heavy (non-hydrogen) atoms. The zero-order valence-corrected chi connectivity index (χ0v) is 13.5. The van der Waals surface area contributed by atoms with Crippen LogP contribution < -0.4 is 5.32 Å². The minimum absolute atomic E-state index is 0.180. The van der Waals surface area contributed by atoms with E-state index in [2.05, 4.69) is 10.4 Å². The summed E-state index contributed by atoms with van der Waals surface area (Å²) in [5, 5.41) is 17.3. The number of benzene rings is 1. The van der Waals surface area contributed by atoms with Crippen LogP contribution in [0.15, 0.2) is 30.5 Å². The number of nitrogens with one attached hydrogen (secondary N) is 1. The van der Waals surface area contributed by atoms with E-state index in [1.54, 1.807) is 29.9 Å². The summed E-state index contributed by atoms with van der Waals surface area (Å²) in [5.74, 6) is -0.180. The standard InChI is InChI=1S/C16H20ClN3O2/c1-3-14(21)8-9-18-16(22)15-10-20(19-11(15)2)13-6-4-12(17)5-7-13/h4-7,10,14,21H,3,8-9H2,1-2H3,(H,18,22). The van der Waals surface area contributed by atoms with E-state index in [4.69, 9.17) is 11.6 Å². The van der Waals surface area contributed by atoms with Gasteiger partial charge < -0.3 is 10.4 Å². The van der Waals surface area contributed by atoms with Crippen LogP contribution >= 0.6 is 11.6 Å². The normalized spacial score (nSPS) is 12.2. The van der Waals surface area contributed by atoms with Crippen molar-refractivity contribution in [1.82, 2.24) is 15.1 Å². The number of nitrogens with zero attached hydrogens (tertiary/aromatic N) is 2. The fourth-order valence-corrected chi connectivity index (χ4v) is 2.19. The number of hydrogen-bond acceptors (Lipinski definition) is 3. The van der Waals surface area contributed by atoms with Crippen LogP contribution in [0.4, 0.5) is 0 Å². The summed E-state index contributed by atoms with van der Waals surface area (Å²) in [6, 6.07) is 7.24. The predicted octanol–water partition coefficient (Wildman–Crippen LogP) is 2.72. The van der Waals surface area contributed by atoms with Gasteiger partial charge in [0, 0.05) is 17.8 Å². The number of aromatic nitrogens is 2. The Morgan fingerprint density at radius 1 is 1.41 bits per heavy atom. The summed E-state index contributed by atoms with van der Waals surface area (Å²) >= 11 is 5.87. The van der Waals surface area contributed by atoms with E-state index >= 15 is 0 Å². The Morgan fingerprint density at radius 3 is 2.73 bits per heavy atom. The number of aliphatic hydroxyl groups excluding tert-OH is 1. The van der Waals surface area contributed by atoms with Crippen molar-refractivity contribution in [1.29, 1.82) is 0 Å². The fraction of sp³-hybridized carbons (Fsp3) is 0.375. The van der Waals surface area contributed by atoms with Crippen molar-refractivity contribution >= 4 is 17.5 Å². The molecule has 2 aromatic rings. The van der Waals surface area contributed by atoms with Gasteiger partial charge in [0.1, 0.15) is 0 Å². The Balaban J connectivity index is 2.06. The van der Waals surface area contributed by atoms with Crippen LogP contribution in [0, 0.1) is 6.92 Å². The van der Waals surface area contributed by atoms with Gasteiger partial charge in [-0.15, -0.1) is 0 Å². The number of carbonyl (C=O) groups excluding carboxylic acids is 1. The molecule has 0 bridgehead atoms. The summed E-state index contributed by atoms with van der Waals surface area (Å²) in [6.07, 6.45) is 2.55. The third kappa shape index (κ3) is 4.08. The molecule has 1 unspecified atom stereocenters. The molecular weight excluding hydrogens is 302 g/mol. The molecule has 0 saturated heterocycles. The van der Waals surface area contributed by atoms with Crippen molar-refractivity contribution < 1.29 is 9.90 Å². The summed E-state index contributed by atoms with van der Waals surface area (Å²) in [7, 11) is 0. The SMILES string of the molecule is CCC(O)CCNC(=O)c1cn(-c2ccc(Cl)cc2)nc1C. The maximum Gasteiger partial charge on any atom is 0.254 e. The van der Waals surface area contributed by atoms with E-state index in [-0.39, 0.29) is 12.0 Å². The molecule has 0 saturated carbocycles. The van der Waals surface area contributed by atoms with Crippen molar-refractivity contribution in [3.8, 4) is 5.69 Å². The molecule has 1 heterocycles. The molecule has 1 aromatic carbocycles. The highest BCUT2D eigenvalue weighted by Gasteiger charge is 2.14. The molecule has 2 N–H and O–H groups in total. The molecule has 0 aliphatic rings. The number of carbonyl (C=O) groups is 1. The Hall–Kier alpha value is -1.85. The van der Waals surface area contributed by atoms with Gasteiger partial charge in [-0.3, -0.25) is 4.79 Å². The number of aliphatic hydroxyl groups is 1. The summed E-state index contributed by atoms with van der Waals surface area (Å²) in [5.41, 5.74) is 2.03. The van der Waals surface area contributed by atoms with Crippen molar-refractivity contribution in [2.45, 2.75) is 32.8 Å². The molecule has 5 nitrogen and oxygen atoms in total. The Morgan fingerprint density at radius 2 is 2.09 bits per heavy atom. The molecule has 2 rings (SSSR count). The highest BCUT2D eigenvalue weighted by atomic mass is 35.5. The van der Waals surface area contributed by atoms with Crippen molar-refractivity contribution in [2.24, 2.45) is 0 Å². The lowest BCUT2D eigenvalue weighted by Gasteiger charge is -2.08. The van der Waals surface area contributed by atoms with E-state index in [0.717, 1.165) is 5.69 Å². The van der Waals surface area contributed by atoms with Gasteiger partial charge in [0.2, 0.25) is 0 Å². The molecule has 0 aliphatic carbocycles. The third-order valence-corrected chi connectivity index (χ3v) is 3.72. The van der Waals surface area contributed by atoms with Gasteiger partial charge in [-0.2, -0.15) is 5.10 Å². The molecule has 6 heteroatoms. The van der Waals surface area contributed by atoms with Crippen LogP contribution in [0.3, 0.4) is 0 Å².